The lowest BCUT2D eigenvalue weighted by molar-refractivity contribution is 0.418. The largest absolute Gasteiger partial charge is 0.457 e. The third kappa shape index (κ3) is 11.2. The second-order valence-electron chi connectivity index (χ2n) is 33.5. The molecule has 21 aromatic rings. The third-order valence-corrected chi connectivity index (χ3v) is 25.1. The van der Waals surface area contributed by atoms with Crippen molar-refractivity contribution in [2.75, 3.05) is 9.80 Å². The number of para-hydroxylation sites is 4. The zero-order valence-electron chi connectivity index (χ0n) is 86.6. The molecule has 3 aliphatic rings. The Labute approximate surface area is 743 Å². The van der Waals surface area contributed by atoms with Gasteiger partial charge >= 0.3 is 0 Å². The van der Waals surface area contributed by atoms with Gasteiger partial charge in [0, 0.05) is 94.5 Å². The van der Waals surface area contributed by atoms with E-state index in [4.69, 9.17) is 4.74 Å². The maximum absolute atomic E-state index is 11.3. The fourth-order valence-electron chi connectivity index (χ4n) is 19.5. The van der Waals surface area contributed by atoms with Crippen molar-refractivity contribution >= 4 is 122 Å². The molecule has 123 heavy (non-hydrogen) atoms. The second kappa shape index (κ2) is 27.9. The Morgan fingerprint density at radius 1 is 0.309 bits per heavy atom. The van der Waals surface area contributed by atoms with E-state index >= 15 is 0 Å². The van der Waals surface area contributed by atoms with E-state index in [0.29, 0.717) is 123 Å². The van der Waals surface area contributed by atoms with Gasteiger partial charge in [0.05, 0.1) is 59.5 Å². The molecule has 6 heteroatoms. The highest BCUT2D eigenvalue weighted by Crippen LogP contribution is 2.58. The summed E-state index contributed by atoms with van der Waals surface area (Å²) < 4.78 is 205. The van der Waals surface area contributed by atoms with Crippen LogP contribution in [-0.2, 0) is 10.8 Å². The molecule has 0 bridgehead atoms. The Balaban J connectivity index is 0.946. The second-order valence-corrected chi connectivity index (χ2v) is 33.5. The summed E-state index contributed by atoms with van der Waals surface area (Å²) in [4.78, 5) is 4.18. The summed E-state index contributed by atoms with van der Waals surface area (Å²) in [7, 11) is 0. The van der Waals surface area contributed by atoms with Gasteiger partial charge in [-0.25, -0.2) is 0 Å². The predicted molar refractivity (Wildman–Crippen MR) is 520 cm³/mol. The minimum absolute atomic E-state index is 0.00259. The van der Waals surface area contributed by atoms with E-state index in [0.717, 1.165) is 27.3 Å². The standard InChI is InChI=1S/C117H83BN4O/c1-116(2,3)82-70-94(77-40-17-9-18-41-77)115(95(71-82)78-42-19-10-20-43-78)122-106-73-84(120-102-56-29-26-49-93(102)112-87(51-33-58-104(112)120)75-36-13-7-14-37-75)62-64-100(106)118-99-63-61-83(119-101-55-28-25-48-92(101)111-86(50-32-57-103(111)119)74-34-11-6-12-35-74)72-105(99)121(107-68-81(69-108(122)113(107)118)79-60-65-110-98(67-79)117(4,5)97-54-27-30-59-109(97)123-110)114-88(76-38-15-8-16-39-76)52-31-53-91(114)96-66-80-44-21-22-45-85(80)89-46-23-24-47-90(89)96/h6-73H,1-5H3/i25D,26D,28D,29D,31D,32D,33D,48D,49D,50D,51D,52D,53D,55D,56D,57D,58D,70D,71D. The molecule has 0 fully saturated rings. The van der Waals surface area contributed by atoms with Crippen molar-refractivity contribution in [3.63, 3.8) is 0 Å². The van der Waals surface area contributed by atoms with E-state index in [1.807, 2.05) is 239 Å². The molecule has 0 radical (unpaired) electrons. The molecule has 0 saturated heterocycles. The average Bonchev–Trinajstić information content (AvgIpc) is 1.10. The van der Waals surface area contributed by atoms with Crippen LogP contribution in [0.15, 0.2) is 412 Å². The van der Waals surface area contributed by atoms with Crippen LogP contribution in [0.1, 0.15) is 77.4 Å². The van der Waals surface area contributed by atoms with Gasteiger partial charge in [0.2, 0.25) is 0 Å². The van der Waals surface area contributed by atoms with E-state index in [1.165, 1.54) is 0 Å². The highest BCUT2D eigenvalue weighted by molar-refractivity contribution is 7.00. The lowest BCUT2D eigenvalue weighted by Crippen LogP contribution is -2.61. The van der Waals surface area contributed by atoms with Gasteiger partial charge in [-0.05, 0) is 201 Å². The first kappa shape index (κ1) is 54.8. The molecule has 0 saturated carbocycles. The Morgan fingerprint density at radius 2 is 0.740 bits per heavy atom. The van der Waals surface area contributed by atoms with Crippen molar-refractivity contribution < 1.29 is 30.8 Å². The van der Waals surface area contributed by atoms with Crippen molar-refractivity contribution in [1.29, 1.82) is 0 Å². The molecule has 2 aromatic heterocycles. The summed E-state index contributed by atoms with van der Waals surface area (Å²) in [5.74, 6) is 1.28. The monoisotopic (exact) mass is 1590 g/mol. The summed E-state index contributed by atoms with van der Waals surface area (Å²) >= 11 is 0. The number of aromatic nitrogens is 2. The van der Waals surface area contributed by atoms with Crippen LogP contribution in [0.4, 0.5) is 34.1 Å². The van der Waals surface area contributed by atoms with Gasteiger partial charge in [-0.1, -0.05) is 350 Å². The molecule has 0 unspecified atom stereocenters. The van der Waals surface area contributed by atoms with Crippen LogP contribution in [0.2, 0.25) is 0 Å². The van der Waals surface area contributed by atoms with Crippen LogP contribution in [0.3, 0.4) is 0 Å². The molecule has 3 aliphatic heterocycles. The van der Waals surface area contributed by atoms with Crippen molar-refractivity contribution in [1.82, 2.24) is 9.13 Å². The molecular weight excluding hydrogens is 1490 g/mol. The minimum Gasteiger partial charge on any atom is -0.457 e. The predicted octanol–water partition coefficient (Wildman–Crippen LogP) is 29.7. The van der Waals surface area contributed by atoms with Crippen LogP contribution in [0.5, 0.6) is 11.5 Å². The first-order chi connectivity index (χ1) is 68.4. The van der Waals surface area contributed by atoms with E-state index in [1.54, 1.807) is 63.7 Å². The number of anilines is 6. The zero-order chi connectivity index (χ0) is 98.5. The highest BCUT2D eigenvalue weighted by Gasteiger charge is 2.47. The SMILES string of the molecule is [2H]c1c([2H])c(-c2ccccc2)c(N2c3cc(-n4c5c([2H])c([2H])c([2H])c([2H])c5c5c(-c6ccccc6)c([2H])c([2H])c([2H])c54)ccc3B3c4ccc(-n5c6c([2H])c([2H])c([2H])c([2H])c6c6c(-c7ccccc7)c([2H])c([2H])c([2H])c65)cc4N(c4c(-c5ccccc5)c([2H])c(C(C)(C)C)c([2H])c4-c4ccccc4)c4cc(-c5ccc6c(c5)C(C)(C)c5ccccc5O6)cc2c43)c(-c2cc3ccccc3c3ccccc23)c1[2H]. The average molecular weight is 1590 g/mol. The summed E-state index contributed by atoms with van der Waals surface area (Å²) in [6, 6.07) is 86.2. The fourth-order valence-corrected chi connectivity index (χ4v) is 19.5. The quantitative estimate of drug-likeness (QED) is 0.0953. The van der Waals surface area contributed by atoms with Gasteiger partial charge in [-0.3, -0.25) is 0 Å². The molecule has 0 amide bonds. The summed E-state index contributed by atoms with van der Waals surface area (Å²) in [6.45, 7) is 9.24. The van der Waals surface area contributed by atoms with E-state index in [-0.39, 0.29) is 119 Å². The summed E-state index contributed by atoms with van der Waals surface area (Å²) in [6.07, 6.45) is 0. The van der Waals surface area contributed by atoms with Crippen LogP contribution in [0.25, 0.3) is 154 Å². The molecule has 0 N–H and O–H groups in total. The molecule has 0 spiro atoms. The zero-order valence-corrected chi connectivity index (χ0v) is 67.6. The maximum atomic E-state index is 11.3. The molecule has 580 valence electrons. The van der Waals surface area contributed by atoms with E-state index in [9.17, 15) is 26.0 Å². The Kier molecular flexibility index (Phi) is 12.4. The topological polar surface area (TPSA) is 25.6 Å². The van der Waals surface area contributed by atoms with Crippen molar-refractivity contribution in [2.45, 2.75) is 45.4 Å². The first-order valence-electron chi connectivity index (χ1n) is 50.9. The lowest BCUT2D eigenvalue weighted by atomic mass is 9.33. The molecule has 0 aliphatic carbocycles. The normalized spacial score (nSPS) is 15.3. The fraction of sp³-hybridized carbons (Fsp3) is 0.0598. The lowest BCUT2D eigenvalue weighted by Gasteiger charge is -2.46. The molecule has 0 atom stereocenters. The van der Waals surface area contributed by atoms with Crippen molar-refractivity contribution in [3.8, 4) is 101 Å². The Morgan fingerprint density at radius 3 is 1.28 bits per heavy atom. The third-order valence-electron chi connectivity index (χ3n) is 25.1. The number of rotatable bonds is 11. The van der Waals surface area contributed by atoms with Gasteiger partial charge in [0.15, 0.2) is 0 Å². The van der Waals surface area contributed by atoms with Gasteiger partial charge in [-0.15, -0.1) is 0 Å². The van der Waals surface area contributed by atoms with Gasteiger partial charge in [0.1, 0.15) is 11.5 Å². The molecule has 5 nitrogen and oxygen atoms in total. The van der Waals surface area contributed by atoms with Gasteiger partial charge < -0.3 is 23.7 Å². The van der Waals surface area contributed by atoms with Crippen LogP contribution < -0.4 is 30.9 Å². The van der Waals surface area contributed by atoms with Crippen molar-refractivity contribution in [3.05, 3.63) is 429 Å². The molecular formula is C117H83BN4O. The van der Waals surface area contributed by atoms with Gasteiger partial charge in [0.25, 0.3) is 6.71 Å². The van der Waals surface area contributed by atoms with Gasteiger partial charge in [-0.2, -0.15) is 0 Å². The van der Waals surface area contributed by atoms with Crippen LogP contribution in [-0.4, -0.2) is 15.8 Å². The number of hydrogen-bond acceptors (Lipinski definition) is 3. The smallest absolute Gasteiger partial charge is 0.252 e. The Bertz CT molecular complexity index is 9080. The van der Waals surface area contributed by atoms with E-state index in [2.05, 4.69) is 47.9 Å². The number of hydrogen-bond donors (Lipinski definition) is 0. The maximum Gasteiger partial charge on any atom is 0.252 e. The number of ether oxygens (including phenoxy) is 1. The number of nitrogens with zero attached hydrogens (tertiary/aromatic N) is 4. The Hall–Kier alpha value is -15.2. The molecule has 5 heterocycles. The van der Waals surface area contributed by atoms with Crippen molar-refractivity contribution in [2.24, 2.45) is 0 Å². The summed E-state index contributed by atoms with van der Waals surface area (Å²) in [5, 5.41) is 3.43. The highest BCUT2D eigenvalue weighted by atomic mass is 16.5. The van der Waals surface area contributed by atoms with Crippen LogP contribution in [0, 0.1) is 0 Å². The number of benzene rings is 19. The first-order valence-corrected chi connectivity index (χ1v) is 41.4. The minimum atomic E-state index is -1.06. The van der Waals surface area contributed by atoms with Crippen LogP contribution >= 0.6 is 0 Å². The summed E-state index contributed by atoms with van der Waals surface area (Å²) in [5.41, 5.74) is 10.4. The molecule has 19 aromatic carbocycles. The number of fused-ring (bicyclic) bond motifs is 15. The van der Waals surface area contributed by atoms with E-state index < -0.39 is 96.1 Å². The molecule has 24 rings (SSSR count).